The van der Waals surface area contributed by atoms with Gasteiger partial charge in [0.05, 0.1) is 0 Å². The Morgan fingerprint density at radius 3 is 1.33 bits per heavy atom. The number of phenolic OH excluding ortho intramolecular Hbond substituents is 1. The van der Waals surface area contributed by atoms with E-state index in [0.29, 0.717) is 16.7 Å². The van der Waals surface area contributed by atoms with Crippen molar-refractivity contribution < 1.29 is 27.1 Å². The first-order valence-electron chi connectivity index (χ1n) is 8.53. The third-order valence-corrected chi connectivity index (χ3v) is 4.47. The van der Waals surface area contributed by atoms with Crippen molar-refractivity contribution in [2.45, 2.75) is 58.8 Å². The molecule has 0 amide bonds. The molecule has 148 valence electrons. The van der Waals surface area contributed by atoms with Gasteiger partial charge in [0.15, 0.2) is 23.3 Å². The van der Waals surface area contributed by atoms with Crippen LogP contribution in [0.4, 0.5) is 22.0 Å². The Hall–Kier alpha value is -2.11. The first-order chi connectivity index (χ1) is 12.2. The Bertz CT molecular complexity index is 825. The molecule has 1 N–H and O–H groups in total. The monoisotopic (exact) mass is 386 g/mol. The largest absolute Gasteiger partial charge is 0.507 e. The smallest absolute Gasteiger partial charge is 0.200 e. The summed E-state index contributed by atoms with van der Waals surface area (Å²) in [7, 11) is 0. The molecule has 2 aromatic rings. The summed E-state index contributed by atoms with van der Waals surface area (Å²) in [6, 6.07) is 3.09. The fraction of sp³-hybridized carbons (Fsp3) is 0.429. The van der Waals surface area contributed by atoms with Gasteiger partial charge < -0.3 is 5.11 Å². The van der Waals surface area contributed by atoms with Crippen molar-refractivity contribution in [1.82, 2.24) is 0 Å². The number of hydrogen-bond acceptors (Lipinski definition) is 1. The van der Waals surface area contributed by atoms with Gasteiger partial charge in [0.2, 0.25) is 5.82 Å². The summed E-state index contributed by atoms with van der Waals surface area (Å²) >= 11 is 0. The van der Waals surface area contributed by atoms with Gasteiger partial charge in [0.1, 0.15) is 5.75 Å². The summed E-state index contributed by atoms with van der Waals surface area (Å²) in [6.07, 6.45) is -0.488. The van der Waals surface area contributed by atoms with Gasteiger partial charge in [-0.25, -0.2) is 22.0 Å². The highest BCUT2D eigenvalue weighted by atomic mass is 19.2. The third kappa shape index (κ3) is 3.94. The first kappa shape index (κ1) is 21.2. The zero-order chi connectivity index (χ0) is 20.9. The fourth-order valence-corrected chi connectivity index (χ4v) is 2.95. The Morgan fingerprint density at radius 2 is 1.00 bits per heavy atom. The molecule has 0 bridgehead atoms. The van der Waals surface area contributed by atoms with Crippen LogP contribution in [0.1, 0.15) is 63.8 Å². The highest BCUT2D eigenvalue weighted by Gasteiger charge is 2.29. The average Bonchev–Trinajstić information content (AvgIpc) is 2.54. The second kappa shape index (κ2) is 6.80. The molecule has 0 saturated heterocycles. The van der Waals surface area contributed by atoms with Gasteiger partial charge >= 0.3 is 0 Å². The molecule has 0 aliphatic carbocycles. The molecule has 0 unspecified atom stereocenters. The van der Waals surface area contributed by atoms with Crippen LogP contribution in [-0.2, 0) is 17.3 Å². The highest BCUT2D eigenvalue weighted by molar-refractivity contribution is 5.50. The summed E-state index contributed by atoms with van der Waals surface area (Å²) in [4.78, 5) is 0. The van der Waals surface area contributed by atoms with Crippen molar-refractivity contribution in [3.05, 3.63) is 63.5 Å². The maximum absolute atomic E-state index is 14.1. The lowest BCUT2D eigenvalue weighted by molar-refractivity contribution is 0.371. The van der Waals surface area contributed by atoms with Crippen molar-refractivity contribution in [1.29, 1.82) is 0 Å². The second-order valence-electron chi connectivity index (χ2n) is 8.76. The number of aromatic hydroxyl groups is 1. The molecule has 0 aliphatic heterocycles. The molecule has 0 atom stereocenters. The fourth-order valence-electron chi connectivity index (χ4n) is 2.95. The van der Waals surface area contributed by atoms with E-state index in [2.05, 4.69) is 0 Å². The first-order valence-corrected chi connectivity index (χ1v) is 8.53. The minimum absolute atomic E-state index is 0.0659. The van der Waals surface area contributed by atoms with Gasteiger partial charge in [0, 0.05) is 12.0 Å². The van der Waals surface area contributed by atoms with Crippen LogP contribution in [0.25, 0.3) is 0 Å². The van der Waals surface area contributed by atoms with Crippen LogP contribution in [0.15, 0.2) is 12.1 Å². The normalized spacial score (nSPS) is 12.6. The number of halogens is 5. The van der Waals surface area contributed by atoms with E-state index in [-0.39, 0.29) is 5.75 Å². The second-order valence-corrected chi connectivity index (χ2v) is 8.76. The van der Waals surface area contributed by atoms with Crippen LogP contribution in [0.2, 0.25) is 0 Å². The van der Waals surface area contributed by atoms with E-state index in [1.165, 1.54) is 0 Å². The summed E-state index contributed by atoms with van der Waals surface area (Å²) in [5, 5.41) is 10.7. The van der Waals surface area contributed by atoms with Crippen LogP contribution in [0.5, 0.6) is 5.75 Å². The zero-order valence-electron chi connectivity index (χ0n) is 16.2. The van der Waals surface area contributed by atoms with E-state index in [4.69, 9.17) is 0 Å². The molecule has 0 radical (unpaired) electrons. The topological polar surface area (TPSA) is 20.2 Å². The van der Waals surface area contributed by atoms with Gasteiger partial charge in [0.25, 0.3) is 0 Å². The molecule has 27 heavy (non-hydrogen) atoms. The molecular formula is C21H23F5O. The molecule has 0 aromatic heterocycles. The van der Waals surface area contributed by atoms with E-state index in [1.54, 1.807) is 12.1 Å². The van der Waals surface area contributed by atoms with E-state index in [1.807, 2.05) is 41.5 Å². The lowest BCUT2D eigenvalue weighted by Gasteiger charge is -2.28. The molecule has 2 rings (SSSR count). The van der Waals surface area contributed by atoms with E-state index in [0.717, 1.165) is 0 Å². The van der Waals surface area contributed by atoms with E-state index in [9.17, 15) is 27.1 Å². The zero-order valence-corrected chi connectivity index (χ0v) is 16.2. The minimum Gasteiger partial charge on any atom is -0.507 e. The van der Waals surface area contributed by atoms with Crippen molar-refractivity contribution >= 4 is 0 Å². The number of benzene rings is 2. The van der Waals surface area contributed by atoms with Crippen molar-refractivity contribution in [3.8, 4) is 5.75 Å². The van der Waals surface area contributed by atoms with Gasteiger partial charge in [-0.3, -0.25) is 0 Å². The summed E-state index contributed by atoms with van der Waals surface area (Å²) in [5.41, 5.74) is -0.447. The Labute approximate surface area is 155 Å². The van der Waals surface area contributed by atoms with Gasteiger partial charge in [-0.15, -0.1) is 0 Å². The van der Waals surface area contributed by atoms with Crippen LogP contribution >= 0.6 is 0 Å². The van der Waals surface area contributed by atoms with Gasteiger partial charge in [-0.1, -0.05) is 53.7 Å². The average molecular weight is 386 g/mol. The van der Waals surface area contributed by atoms with E-state index < -0.39 is 51.9 Å². The summed E-state index contributed by atoms with van der Waals surface area (Å²) in [5.74, 6) is -9.71. The maximum atomic E-state index is 14.1. The van der Waals surface area contributed by atoms with Crippen molar-refractivity contribution in [2.24, 2.45) is 0 Å². The number of hydrogen-bond donors (Lipinski definition) is 1. The quantitative estimate of drug-likeness (QED) is 0.366. The third-order valence-electron chi connectivity index (χ3n) is 4.47. The van der Waals surface area contributed by atoms with Gasteiger partial charge in [-0.2, -0.15) is 0 Å². The van der Waals surface area contributed by atoms with E-state index >= 15 is 0 Å². The molecule has 6 heteroatoms. The standard InChI is InChI=1S/C21H23F5O/c1-20(2,3)12-8-10(9-13(19(12)27)21(4,5)6)7-11-14(22)16(24)18(26)17(25)15(11)23/h8-9,27H,7H2,1-6H3. The molecule has 0 aliphatic rings. The highest BCUT2D eigenvalue weighted by Crippen LogP contribution is 2.40. The predicted molar refractivity (Wildman–Crippen MR) is 94.5 cm³/mol. The summed E-state index contributed by atoms with van der Waals surface area (Å²) in [6.45, 7) is 11.1. The van der Waals surface area contributed by atoms with Gasteiger partial charge in [-0.05, 0) is 27.5 Å². The van der Waals surface area contributed by atoms with Crippen LogP contribution in [0, 0.1) is 29.1 Å². The predicted octanol–water partition coefficient (Wildman–Crippen LogP) is 6.27. The number of phenols is 1. The van der Waals surface area contributed by atoms with Crippen molar-refractivity contribution in [3.63, 3.8) is 0 Å². The Balaban J connectivity index is 2.72. The molecule has 2 aromatic carbocycles. The Kier molecular flexibility index (Phi) is 5.34. The van der Waals surface area contributed by atoms with Crippen LogP contribution in [-0.4, -0.2) is 5.11 Å². The molecule has 0 fully saturated rings. The summed E-state index contributed by atoms with van der Waals surface area (Å²) < 4.78 is 68.4. The lowest BCUT2D eigenvalue weighted by atomic mass is 9.78. The molecule has 0 spiro atoms. The number of rotatable bonds is 2. The lowest BCUT2D eigenvalue weighted by Crippen LogP contribution is -2.18. The van der Waals surface area contributed by atoms with Crippen LogP contribution in [0.3, 0.4) is 0 Å². The Morgan fingerprint density at radius 1 is 0.667 bits per heavy atom. The molecule has 0 heterocycles. The molecule has 0 saturated carbocycles. The molecule has 1 nitrogen and oxygen atoms in total. The SMILES string of the molecule is CC(C)(C)c1cc(Cc2c(F)c(F)c(F)c(F)c2F)cc(C(C)(C)C)c1O. The van der Waals surface area contributed by atoms with Crippen LogP contribution < -0.4 is 0 Å². The maximum Gasteiger partial charge on any atom is 0.200 e. The molecular weight excluding hydrogens is 363 g/mol. The van der Waals surface area contributed by atoms with Crippen molar-refractivity contribution in [2.75, 3.05) is 0 Å². The minimum atomic E-state index is -2.18.